The summed E-state index contributed by atoms with van der Waals surface area (Å²) in [4.78, 5) is 0. The Bertz CT molecular complexity index is 764. The lowest BCUT2D eigenvalue weighted by molar-refractivity contribution is 0.867. The molecule has 0 atom stereocenters. The van der Waals surface area contributed by atoms with Gasteiger partial charge in [-0.3, -0.25) is 0 Å². The van der Waals surface area contributed by atoms with Gasteiger partial charge in [0.1, 0.15) is 0 Å². The lowest BCUT2D eigenvalue weighted by atomic mass is 9.96. The fourth-order valence-electron chi connectivity index (χ4n) is 2.76. The Hall–Kier alpha value is -2.34. The molecule has 0 heteroatoms. The standard InChI is InChI=1S/C22H22/c1-16(2)20-7-5-9-22(15-20)19-12-10-18(11-13-19)21-8-4-6-17(3)14-21/h4-16H,1-3H3. The normalized spacial score (nSPS) is 10.9. The first kappa shape index (κ1) is 14.6. The highest BCUT2D eigenvalue weighted by Gasteiger charge is 2.03. The zero-order valence-electron chi connectivity index (χ0n) is 13.5. The van der Waals surface area contributed by atoms with E-state index < -0.39 is 0 Å². The van der Waals surface area contributed by atoms with E-state index in [-0.39, 0.29) is 0 Å². The first-order chi connectivity index (χ1) is 10.6. The maximum Gasteiger partial charge on any atom is -0.0181 e. The van der Waals surface area contributed by atoms with E-state index in [1.165, 1.54) is 33.4 Å². The van der Waals surface area contributed by atoms with Gasteiger partial charge in [0.2, 0.25) is 0 Å². The Labute approximate surface area is 133 Å². The maximum absolute atomic E-state index is 2.30. The molecule has 0 N–H and O–H groups in total. The minimum Gasteiger partial charge on any atom is -0.0614 e. The first-order valence-corrected chi connectivity index (χ1v) is 7.91. The van der Waals surface area contributed by atoms with Crippen LogP contribution >= 0.6 is 0 Å². The smallest absolute Gasteiger partial charge is 0.0181 e. The van der Waals surface area contributed by atoms with E-state index in [0.717, 1.165) is 0 Å². The molecule has 0 aliphatic heterocycles. The van der Waals surface area contributed by atoms with Crippen molar-refractivity contribution in [2.24, 2.45) is 0 Å². The predicted octanol–water partition coefficient (Wildman–Crippen LogP) is 6.45. The van der Waals surface area contributed by atoms with Crippen LogP contribution in [0.4, 0.5) is 0 Å². The molecule has 0 spiro atoms. The number of benzene rings is 3. The van der Waals surface area contributed by atoms with Gasteiger partial charge in [-0.05, 0) is 40.7 Å². The van der Waals surface area contributed by atoms with E-state index in [9.17, 15) is 0 Å². The predicted molar refractivity (Wildman–Crippen MR) is 96.1 cm³/mol. The molecule has 3 rings (SSSR count). The van der Waals surface area contributed by atoms with Crippen molar-refractivity contribution in [2.75, 3.05) is 0 Å². The Kier molecular flexibility index (Phi) is 4.11. The third-order valence-electron chi connectivity index (χ3n) is 4.12. The highest BCUT2D eigenvalue weighted by atomic mass is 14.1. The SMILES string of the molecule is Cc1cccc(-c2ccc(-c3cccc(C(C)C)c3)cc2)c1. The van der Waals surface area contributed by atoms with Gasteiger partial charge < -0.3 is 0 Å². The van der Waals surface area contributed by atoms with Gasteiger partial charge in [-0.25, -0.2) is 0 Å². The molecule has 110 valence electrons. The third-order valence-corrected chi connectivity index (χ3v) is 4.12. The molecule has 0 aromatic heterocycles. The molecule has 22 heavy (non-hydrogen) atoms. The monoisotopic (exact) mass is 286 g/mol. The second-order valence-electron chi connectivity index (χ2n) is 6.23. The summed E-state index contributed by atoms with van der Waals surface area (Å²) in [6.07, 6.45) is 0. The van der Waals surface area contributed by atoms with Gasteiger partial charge in [0.15, 0.2) is 0 Å². The molecule has 0 heterocycles. The lowest BCUT2D eigenvalue weighted by Gasteiger charge is -2.09. The van der Waals surface area contributed by atoms with Crippen molar-refractivity contribution in [1.82, 2.24) is 0 Å². The van der Waals surface area contributed by atoms with Crippen molar-refractivity contribution < 1.29 is 0 Å². The highest BCUT2D eigenvalue weighted by molar-refractivity contribution is 5.71. The Morgan fingerprint density at radius 3 is 1.68 bits per heavy atom. The summed E-state index contributed by atoms with van der Waals surface area (Å²) in [7, 11) is 0. The van der Waals surface area contributed by atoms with Gasteiger partial charge in [0, 0.05) is 0 Å². The molecule has 0 amide bonds. The van der Waals surface area contributed by atoms with E-state index in [4.69, 9.17) is 0 Å². The molecule has 0 nitrogen and oxygen atoms in total. The fourth-order valence-corrected chi connectivity index (χ4v) is 2.76. The quantitative estimate of drug-likeness (QED) is 0.519. The lowest BCUT2D eigenvalue weighted by Crippen LogP contribution is -1.88. The summed E-state index contributed by atoms with van der Waals surface area (Å²) in [5.41, 5.74) is 7.81. The summed E-state index contributed by atoms with van der Waals surface area (Å²) in [6, 6.07) is 26.4. The summed E-state index contributed by atoms with van der Waals surface area (Å²) in [6.45, 7) is 6.61. The van der Waals surface area contributed by atoms with Crippen LogP contribution in [0.1, 0.15) is 30.9 Å². The molecule has 0 unspecified atom stereocenters. The molecular formula is C22H22. The van der Waals surface area contributed by atoms with Gasteiger partial charge in [-0.1, -0.05) is 92.2 Å². The molecule has 0 fully saturated rings. The average Bonchev–Trinajstić information content (AvgIpc) is 2.55. The van der Waals surface area contributed by atoms with Gasteiger partial charge in [0.05, 0.1) is 0 Å². The van der Waals surface area contributed by atoms with Crippen LogP contribution in [0.5, 0.6) is 0 Å². The second kappa shape index (κ2) is 6.19. The van der Waals surface area contributed by atoms with E-state index in [1.807, 2.05) is 0 Å². The Balaban J connectivity index is 1.93. The van der Waals surface area contributed by atoms with E-state index >= 15 is 0 Å². The van der Waals surface area contributed by atoms with Crippen molar-refractivity contribution in [1.29, 1.82) is 0 Å². The molecule has 3 aromatic carbocycles. The topological polar surface area (TPSA) is 0 Å². The number of aryl methyl sites for hydroxylation is 1. The van der Waals surface area contributed by atoms with Crippen molar-refractivity contribution in [3.05, 3.63) is 83.9 Å². The van der Waals surface area contributed by atoms with Crippen molar-refractivity contribution in [3.63, 3.8) is 0 Å². The van der Waals surface area contributed by atoms with E-state index in [0.29, 0.717) is 5.92 Å². The molecule has 0 aliphatic rings. The van der Waals surface area contributed by atoms with Crippen LogP contribution < -0.4 is 0 Å². The fraction of sp³-hybridized carbons (Fsp3) is 0.182. The van der Waals surface area contributed by atoms with Crippen LogP contribution in [0, 0.1) is 6.92 Å². The number of hydrogen-bond donors (Lipinski definition) is 0. The van der Waals surface area contributed by atoms with Crippen molar-refractivity contribution in [3.8, 4) is 22.3 Å². The summed E-state index contributed by atoms with van der Waals surface area (Å²) < 4.78 is 0. The minimum atomic E-state index is 0.562. The molecular weight excluding hydrogens is 264 g/mol. The Morgan fingerprint density at radius 2 is 1.14 bits per heavy atom. The number of hydrogen-bond acceptors (Lipinski definition) is 0. The van der Waals surface area contributed by atoms with Crippen LogP contribution in [0.25, 0.3) is 22.3 Å². The molecule has 0 saturated carbocycles. The minimum absolute atomic E-state index is 0.562. The largest absolute Gasteiger partial charge is 0.0614 e. The van der Waals surface area contributed by atoms with Crippen LogP contribution in [0.2, 0.25) is 0 Å². The van der Waals surface area contributed by atoms with Gasteiger partial charge >= 0.3 is 0 Å². The van der Waals surface area contributed by atoms with E-state index in [2.05, 4.69) is 93.6 Å². The van der Waals surface area contributed by atoms with Crippen LogP contribution in [-0.4, -0.2) is 0 Å². The second-order valence-corrected chi connectivity index (χ2v) is 6.23. The average molecular weight is 286 g/mol. The molecule has 0 bridgehead atoms. The van der Waals surface area contributed by atoms with Crippen LogP contribution in [0.15, 0.2) is 72.8 Å². The van der Waals surface area contributed by atoms with Crippen LogP contribution in [0.3, 0.4) is 0 Å². The molecule has 0 saturated heterocycles. The van der Waals surface area contributed by atoms with Gasteiger partial charge in [-0.15, -0.1) is 0 Å². The summed E-state index contributed by atoms with van der Waals surface area (Å²) in [5, 5.41) is 0. The van der Waals surface area contributed by atoms with Crippen molar-refractivity contribution in [2.45, 2.75) is 26.7 Å². The Morgan fingerprint density at radius 1 is 0.591 bits per heavy atom. The van der Waals surface area contributed by atoms with E-state index in [1.54, 1.807) is 0 Å². The molecule has 0 aliphatic carbocycles. The maximum atomic E-state index is 2.30. The third kappa shape index (κ3) is 3.12. The highest BCUT2D eigenvalue weighted by Crippen LogP contribution is 2.27. The number of rotatable bonds is 3. The summed E-state index contributed by atoms with van der Waals surface area (Å²) >= 11 is 0. The first-order valence-electron chi connectivity index (χ1n) is 7.91. The van der Waals surface area contributed by atoms with Gasteiger partial charge in [-0.2, -0.15) is 0 Å². The van der Waals surface area contributed by atoms with Crippen molar-refractivity contribution >= 4 is 0 Å². The molecule has 3 aromatic rings. The van der Waals surface area contributed by atoms with Gasteiger partial charge in [0.25, 0.3) is 0 Å². The molecule has 0 radical (unpaired) electrons. The zero-order valence-corrected chi connectivity index (χ0v) is 13.5. The van der Waals surface area contributed by atoms with Crippen LogP contribution in [-0.2, 0) is 0 Å². The summed E-state index contributed by atoms with van der Waals surface area (Å²) in [5.74, 6) is 0.562. The zero-order chi connectivity index (χ0) is 15.5.